The molecule has 2 amide bonds. The van der Waals surface area contributed by atoms with Crippen LogP contribution in [0.3, 0.4) is 0 Å². The van der Waals surface area contributed by atoms with Crippen LogP contribution < -0.4 is 5.32 Å². The van der Waals surface area contributed by atoms with Gasteiger partial charge < -0.3 is 10.2 Å². The molecule has 33 heavy (non-hydrogen) atoms. The predicted octanol–water partition coefficient (Wildman–Crippen LogP) is 6.23. The molecule has 0 saturated heterocycles. The second kappa shape index (κ2) is 12.6. The number of halogens is 3. The number of amides is 2. The van der Waals surface area contributed by atoms with Crippen LogP contribution >= 0.6 is 35.0 Å². The number of nitrogens with one attached hydrogen (secondary N) is 1. The summed E-state index contributed by atoms with van der Waals surface area (Å²) in [5, 5.41) is 4.25. The standard InChI is InChI=1S/C25H29Cl2FN2O2S/c1-2-23(25(32)29-19-6-3-4-7-19)30(14-17-10-12-18(28)13-11-17)24(31)16-33-15-20-21(26)8-5-9-22(20)27/h5,8-13,19,23H,2-4,6-7,14-16H2,1H3,(H,29,32). The normalized spacial score (nSPS) is 14.8. The fourth-order valence-corrected chi connectivity index (χ4v) is 5.71. The van der Waals surface area contributed by atoms with Crippen LogP contribution in [-0.4, -0.2) is 34.6 Å². The number of thioether (sulfide) groups is 1. The largest absolute Gasteiger partial charge is 0.352 e. The highest BCUT2D eigenvalue weighted by molar-refractivity contribution is 7.99. The molecule has 0 heterocycles. The van der Waals surface area contributed by atoms with Gasteiger partial charge in [-0.3, -0.25) is 9.59 Å². The van der Waals surface area contributed by atoms with E-state index in [1.807, 2.05) is 6.92 Å². The monoisotopic (exact) mass is 510 g/mol. The fourth-order valence-electron chi connectivity index (χ4n) is 4.07. The average Bonchev–Trinajstić information content (AvgIpc) is 3.30. The van der Waals surface area contributed by atoms with Gasteiger partial charge in [0.15, 0.2) is 0 Å². The van der Waals surface area contributed by atoms with Crippen molar-refractivity contribution in [3.8, 4) is 0 Å². The first-order chi connectivity index (χ1) is 15.9. The zero-order chi connectivity index (χ0) is 23.8. The van der Waals surface area contributed by atoms with Gasteiger partial charge in [0.1, 0.15) is 11.9 Å². The Kier molecular flexibility index (Phi) is 9.90. The van der Waals surface area contributed by atoms with Crippen molar-refractivity contribution in [2.75, 3.05) is 5.75 Å². The molecule has 1 aliphatic rings. The molecule has 1 unspecified atom stereocenters. The lowest BCUT2D eigenvalue weighted by Crippen LogP contribution is -2.51. The number of carbonyl (C=O) groups is 2. The summed E-state index contributed by atoms with van der Waals surface area (Å²) in [6.45, 7) is 2.14. The molecule has 8 heteroatoms. The van der Waals surface area contributed by atoms with Gasteiger partial charge >= 0.3 is 0 Å². The van der Waals surface area contributed by atoms with Crippen LogP contribution in [0.2, 0.25) is 10.0 Å². The van der Waals surface area contributed by atoms with Gasteiger partial charge in [0, 0.05) is 28.4 Å². The molecule has 4 nitrogen and oxygen atoms in total. The third-order valence-electron chi connectivity index (χ3n) is 5.89. The van der Waals surface area contributed by atoms with Crippen LogP contribution in [0.1, 0.15) is 50.2 Å². The number of hydrogen-bond acceptors (Lipinski definition) is 3. The topological polar surface area (TPSA) is 49.4 Å². The second-order valence-electron chi connectivity index (χ2n) is 8.26. The molecule has 0 spiro atoms. The van der Waals surface area contributed by atoms with E-state index < -0.39 is 6.04 Å². The van der Waals surface area contributed by atoms with E-state index in [1.54, 1.807) is 35.2 Å². The van der Waals surface area contributed by atoms with E-state index in [0.29, 0.717) is 22.2 Å². The smallest absolute Gasteiger partial charge is 0.243 e. The van der Waals surface area contributed by atoms with Crippen molar-refractivity contribution in [3.63, 3.8) is 0 Å². The number of benzene rings is 2. The van der Waals surface area contributed by atoms with Crippen LogP contribution in [0.15, 0.2) is 42.5 Å². The molecular formula is C25H29Cl2FN2O2S. The van der Waals surface area contributed by atoms with Crippen molar-refractivity contribution in [2.24, 2.45) is 0 Å². The van der Waals surface area contributed by atoms with Gasteiger partial charge in [-0.2, -0.15) is 0 Å². The summed E-state index contributed by atoms with van der Waals surface area (Å²) in [5.41, 5.74) is 1.56. The molecule has 178 valence electrons. The fraction of sp³-hybridized carbons (Fsp3) is 0.440. The van der Waals surface area contributed by atoms with Crippen molar-refractivity contribution in [1.82, 2.24) is 10.2 Å². The Balaban J connectivity index is 1.72. The number of hydrogen-bond donors (Lipinski definition) is 1. The van der Waals surface area contributed by atoms with Gasteiger partial charge in [0.25, 0.3) is 0 Å². The maximum absolute atomic E-state index is 13.4. The van der Waals surface area contributed by atoms with Crippen molar-refractivity contribution in [3.05, 3.63) is 69.5 Å². The summed E-state index contributed by atoms with van der Waals surface area (Å²) in [6, 6.07) is 10.9. The molecule has 1 fully saturated rings. The molecule has 0 bridgehead atoms. The van der Waals surface area contributed by atoms with E-state index in [1.165, 1.54) is 23.9 Å². The van der Waals surface area contributed by atoms with Crippen LogP contribution in [0.4, 0.5) is 4.39 Å². The van der Waals surface area contributed by atoms with Gasteiger partial charge in [-0.05, 0) is 54.7 Å². The Morgan fingerprint density at radius 3 is 2.36 bits per heavy atom. The van der Waals surface area contributed by atoms with Crippen molar-refractivity contribution >= 4 is 46.8 Å². The van der Waals surface area contributed by atoms with E-state index in [9.17, 15) is 14.0 Å². The molecule has 0 aliphatic heterocycles. The molecule has 0 radical (unpaired) electrons. The van der Waals surface area contributed by atoms with E-state index in [0.717, 1.165) is 36.8 Å². The quantitative estimate of drug-likeness (QED) is 0.411. The number of carbonyl (C=O) groups excluding carboxylic acids is 2. The molecular weight excluding hydrogens is 482 g/mol. The first kappa shape index (κ1) is 25.9. The molecule has 0 aromatic heterocycles. The SMILES string of the molecule is CCC(C(=O)NC1CCCC1)N(Cc1ccc(F)cc1)C(=O)CSCc1c(Cl)cccc1Cl. The predicted molar refractivity (Wildman–Crippen MR) is 134 cm³/mol. The minimum absolute atomic E-state index is 0.126. The van der Waals surface area contributed by atoms with Gasteiger partial charge in [-0.25, -0.2) is 4.39 Å². The summed E-state index contributed by atoms with van der Waals surface area (Å²) >= 11 is 13.9. The minimum Gasteiger partial charge on any atom is -0.352 e. The Morgan fingerprint density at radius 2 is 1.76 bits per heavy atom. The first-order valence-corrected chi connectivity index (χ1v) is 13.1. The summed E-state index contributed by atoms with van der Waals surface area (Å²) in [4.78, 5) is 28.0. The maximum atomic E-state index is 13.4. The highest BCUT2D eigenvalue weighted by Crippen LogP contribution is 2.28. The zero-order valence-electron chi connectivity index (χ0n) is 18.7. The second-order valence-corrected chi connectivity index (χ2v) is 10.1. The Bertz CT molecular complexity index is 932. The molecule has 1 atom stereocenters. The minimum atomic E-state index is -0.590. The molecule has 1 saturated carbocycles. The molecule has 2 aromatic rings. The maximum Gasteiger partial charge on any atom is 0.243 e. The molecule has 1 N–H and O–H groups in total. The van der Waals surface area contributed by atoms with Gasteiger partial charge in [0.05, 0.1) is 5.75 Å². The molecule has 2 aromatic carbocycles. The first-order valence-electron chi connectivity index (χ1n) is 11.2. The Labute approximate surface area is 209 Å². The highest BCUT2D eigenvalue weighted by atomic mass is 35.5. The van der Waals surface area contributed by atoms with Gasteiger partial charge in [-0.15, -0.1) is 11.8 Å². The average molecular weight is 511 g/mol. The Hall–Kier alpha value is -1.76. The molecule has 1 aliphatic carbocycles. The Morgan fingerprint density at radius 1 is 1.12 bits per heavy atom. The van der Waals surface area contributed by atoms with Crippen LogP contribution in [0, 0.1) is 5.82 Å². The highest BCUT2D eigenvalue weighted by Gasteiger charge is 2.30. The zero-order valence-corrected chi connectivity index (χ0v) is 21.0. The van der Waals surface area contributed by atoms with E-state index >= 15 is 0 Å². The summed E-state index contributed by atoms with van der Waals surface area (Å²) < 4.78 is 13.4. The van der Waals surface area contributed by atoms with Crippen molar-refractivity contribution in [1.29, 1.82) is 0 Å². The van der Waals surface area contributed by atoms with E-state index in [2.05, 4.69) is 5.32 Å². The summed E-state index contributed by atoms with van der Waals surface area (Å²) in [7, 11) is 0. The van der Waals surface area contributed by atoms with Gasteiger partial charge in [-0.1, -0.05) is 61.2 Å². The summed E-state index contributed by atoms with van der Waals surface area (Å²) in [5.74, 6) is 0.0464. The van der Waals surface area contributed by atoms with Gasteiger partial charge in [0.2, 0.25) is 11.8 Å². The van der Waals surface area contributed by atoms with Crippen LogP contribution in [0.25, 0.3) is 0 Å². The van der Waals surface area contributed by atoms with Crippen LogP contribution in [-0.2, 0) is 21.9 Å². The number of rotatable bonds is 10. The third-order valence-corrected chi connectivity index (χ3v) is 7.54. The van der Waals surface area contributed by atoms with Crippen LogP contribution in [0.5, 0.6) is 0 Å². The van der Waals surface area contributed by atoms with Crippen molar-refractivity contribution < 1.29 is 14.0 Å². The van der Waals surface area contributed by atoms with E-state index in [-0.39, 0.29) is 36.0 Å². The molecule has 3 rings (SSSR count). The van der Waals surface area contributed by atoms with E-state index in [4.69, 9.17) is 23.2 Å². The number of nitrogens with zero attached hydrogens (tertiary/aromatic N) is 1. The lowest BCUT2D eigenvalue weighted by Gasteiger charge is -2.31. The van der Waals surface area contributed by atoms with Crippen molar-refractivity contribution in [2.45, 2.75) is 63.4 Å². The third kappa shape index (κ3) is 7.36. The lowest BCUT2D eigenvalue weighted by atomic mass is 10.1. The summed E-state index contributed by atoms with van der Waals surface area (Å²) in [6.07, 6.45) is 4.67. The lowest BCUT2D eigenvalue weighted by molar-refractivity contribution is -0.139.